The smallest absolute Gasteiger partial charge is 0.349 e. The number of hydrogen-bond acceptors (Lipinski definition) is 1. The van der Waals surface area contributed by atoms with Gasteiger partial charge in [0.25, 0.3) is 3.70 Å². The first kappa shape index (κ1) is 15.3. The van der Waals surface area contributed by atoms with Crippen molar-refractivity contribution in [2.45, 2.75) is 0 Å². The summed E-state index contributed by atoms with van der Waals surface area (Å²) in [6, 6.07) is 0. The normalized spacial score (nSPS) is 16.6. The Morgan fingerprint density at radius 2 is 2.44 bits per heavy atom. The number of rotatable bonds is 3. The fourth-order valence-corrected chi connectivity index (χ4v) is 2.03. The molecule has 1 aliphatic heterocycles. The average Bonchev–Trinajstić information content (AvgIpc) is 2.54. The molecule has 0 aromatic carbocycles. The van der Waals surface area contributed by atoms with Crippen LogP contribution in [-0.2, 0) is 0 Å². The van der Waals surface area contributed by atoms with E-state index in [9.17, 15) is 0 Å². The Bertz CT molecular complexity index is 534. The van der Waals surface area contributed by atoms with Gasteiger partial charge >= 0.3 is 5.84 Å². The maximum absolute atomic E-state index is 4.37. The molecule has 7 heteroatoms. The molecule has 1 heterocycles. The Kier molecular flexibility index (Phi) is 6.44. The van der Waals surface area contributed by atoms with Crippen molar-refractivity contribution in [2.75, 3.05) is 14.1 Å². The molecule has 0 aromatic rings. The van der Waals surface area contributed by atoms with E-state index in [-0.39, 0.29) is 0 Å². The molecule has 0 aromatic heterocycles. The summed E-state index contributed by atoms with van der Waals surface area (Å²) in [6.07, 6.45) is 6.69. The summed E-state index contributed by atoms with van der Waals surface area (Å²) in [5.74, 6) is 3.76. The summed E-state index contributed by atoms with van der Waals surface area (Å²) < 4.78 is 4.66. The van der Waals surface area contributed by atoms with Crippen molar-refractivity contribution < 1.29 is 7.36 Å². The Balaban J connectivity index is 3.40. The van der Waals surface area contributed by atoms with E-state index < -0.39 is 0 Å². The molecule has 0 saturated carbocycles. The van der Waals surface area contributed by atoms with Crippen LogP contribution in [-0.4, -0.2) is 45.7 Å². The highest BCUT2D eigenvalue weighted by atomic mass is 127. The summed E-state index contributed by atoms with van der Waals surface area (Å²) in [7, 11) is 3.71. The zero-order chi connectivity index (χ0) is 13.5. The van der Waals surface area contributed by atoms with Crippen LogP contribution in [0.2, 0.25) is 0 Å². The fourth-order valence-electron chi connectivity index (χ4n) is 1.12. The summed E-state index contributed by atoms with van der Waals surface area (Å²) in [6.45, 7) is 3.75. The number of aliphatic imine (C=N–C) groups is 2. The minimum Gasteiger partial charge on any atom is -0.359 e. The molecule has 0 amide bonds. The van der Waals surface area contributed by atoms with Crippen molar-refractivity contribution in [1.82, 2.24) is 5.32 Å². The number of amidine groups is 1. The standard InChI is InChI=1S/C11H12I2N5/c1-4-18(13)11(16-8-14-2)9-7-15-5-6-17(3)10(9)12/h4-5,7-8H,1H2,2-3H3/q+1/p+1. The van der Waals surface area contributed by atoms with E-state index in [0.29, 0.717) is 0 Å². The zero-order valence-corrected chi connectivity index (χ0v) is 14.4. The number of hydrogen-bond donors (Lipinski definition) is 1. The van der Waals surface area contributed by atoms with E-state index in [1.807, 2.05) is 14.4 Å². The van der Waals surface area contributed by atoms with Gasteiger partial charge in [0.15, 0.2) is 11.4 Å². The quantitative estimate of drug-likeness (QED) is 0.168. The molecular weight excluding hydrogens is 456 g/mol. The van der Waals surface area contributed by atoms with Gasteiger partial charge in [0, 0.05) is 29.6 Å². The predicted molar refractivity (Wildman–Crippen MR) is 92.3 cm³/mol. The molecule has 1 aliphatic rings. The van der Waals surface area contributed by atoms with Crippen molar-refractivity contribution in [3.8, 4) is 0 Å². The fraction of sp³-hybridized carbons (Fsp3) is 0.182. The van der Waals surface area contributed by atoms with Crippen LogP contribution < -0.4 is 5.32 Å². The molecule has 0 aliphatic carbocycles. The molecule has 18 heavy (non-hydrogen) atoms. The highest BCUT2D eigenvalue weighted by Crippen LogP contribution is 2.16. The zero-order valence-electron chi connectivity index (χ0n) is 10.1. The lowest BCUT2D eigenvalue weighted by molar-refractivity contribution is -0.418. The predicted octanol–water partition coefficient (Wildman–Crippen LogP) is 1.70. The molecule has 0 spiro atoms. The molecular formula is C11H13I2N5+2. The van der Waals surface area contributed by atoms with Crippen LogP contribution in [0.3, 0.4) is 0 Å². The third-order valence-corrected chi connectivity index (χ3v) is 4.12. The van der Waals surface area contributed by atoms with Gasteiger partial charge in [-0.25, -0.2) is 4.99 Å². The Hall–Kier alpha value is -0.800. The van der Waals surface area contributed by atoms with Gasteiger partial charge < -0.3 is 5.32 Å². The minimum absolute atomic E-state index is 0.747. The van der Waals surface area contributed by atoms with Crippen LogP contribution in [0.1, 0.15) is 0 Å². The molecule has 1 N–H and O–H groups in total. The van der Waals surface area contributed by atoms with Gasteiger partial charge in [-0.2, -0.15) is 2.79 Å². The lowest BCUT2D eigenvalue weighted by Gasteiger charge is -1.97. The average molecular weight is 469 g/mol. The van der Waals surface area contributed by atoms with E-state index in [4.69, 9.17) is 0 Å². The summed E-state index contributed by atoms with van der Waals surface area (Å²) in [5, 5.41) is 2.87. The molecule has 1 rings (SSSR count). The van der Waals surface area contributed by atoms with Crippen LogP contribution in [0.25, 0.3) is 0 Å². The molecule has 0 unspecified atom stereocenters. The van der Waals surface area contributed by atoms with Gasteiger partial charge in [0.1, 0.15) is 13.2 Å². The molecule has 94 valence electrons. The largest absolute Gasteiger partial charge is 0.359 e. The SMILES string of the molecule is C=C/[N+](I)=C(\N=C/NC)C1=C(I)[N+](C)=C=CN=C1. The van der Waals surface area contributed by atoms with E-state index >= 15 is 0 Å². The van der Waals surface area contributed by atoms with Gasteiger partial charge in [-0.1, -0.05) is 6.58 Å². The van der Waals surface area contributed by atoms with Crippen LogP contribution in [0, 0.1) is 0 Å². The van der Waals surface area contributed by atoms with E-state index in [1.54, 1.807) is 32.0 Å². The van der Waals surface area contributed by atoms with Crippen LogP contribution in [0.4, 0.5) is 0 Å². The number of halogens is 2. The number of nitrogens with one attached hydrogen (secondary N) is 1. The maximum atomic E-state index is 4.37. The Labute approximate surface area is 134 Å². The molecule has 0 saturated heterocycles. The highest BCUT2D eigenvalue weighted by Gasteiger charge is 2.25. The van der Waals surface area contributed by atoms with E-state index in [2.05, 4.69) is 73.2 Å². The minimum atomic E-state index is 0.747. The van der Waals surface area contributed by atoms with Crippen LogP contribution in [0.15, 0.2) is 38.2 Å². The van der Waals surface area contributed by atoms with Gasteiger partial charge in [0.05, 0.1) is 12.4 Å². The van der Waals surface area contributed by atoms with Crippen molar-refractivity contribution >= 4 is 69.7 Å². The third-order valence-electron chi connectivity index (χ3n) is 1.97. The molecule has 0 atom stereocenters. The third kappa shape index (κ3) is 3.85. The molecule has 5 nitrogen and oxygen atoms in total. The van der Waals surface area contributed by atoms with Gasteiger partial charge in [-0.15, -0.1) is 4.58 Å². The van der Waals surface area contributed by atoms with Crippen molar-refractivity contribution in [1.29, 1.82) is 0 Å². The number of nitrogens with zero attached hydrogens (tertiary/aromatic N) is 4. The Morgan fingerprint density at radius 1 is 1.72 bits per heavy atom. The van der Waals surface area contributed by atoms with Gasteiger partial charge in [0.2, 0.25) is 29.2 Å². The second-order valence-electron chi connectivity index (χ2n) is 3.16. The summed E-state index contributed by atoms with van der Waals surface area (Å²) >= 11 is 4.37. The van der Waals surface area contributed by atoms with Crippen molar-refractivity contribution in [3.63, 3.8) is 0 Å². The topological polar surface area (TPSA) is 42.8 Å². The first-order valence-electron chi connectivity index (χ1n) is 5.01. The van der Waals surface area contributed by atoms with Crippen molar-refractivity contribution in [2.24, 2.45) is 9.98 Å². The Morgan fingerprint density at radius 3 is 3.06 bits per heavy atom. The molecule has 0 bridgehead atoms. The molecule has 0 radical (unpaired) electrons. The van der Waals surface area contributed by atoms with E-state index in [1.165, 1.54) is 0 Å². The summed E-state index contributed by atoms with van der Waals surface area (Å²) in [4.78, 5) is 8.52. The van der Waals surface area contributed by atoms with Crippen molar-refractivity contribution in [3.05, 3.63) is 28.3 Å². The molecule has 0 fully saturated rings. The first-order valence-corrected chi connectivity index (χ1v) is 7.05. The van der Waals surface area contributed by atoms with E-state index in [0.717, 1.165) is 15.1 Å². The monoisotopic (exact) mass is 469 g/mol. The second-order valence-corrected chi connectivity index (χ2v) is 5.23. The van der Waals surface area contributed by atoms with Crippen LogP contribution in [0.5, 0.6) is 0 Å². The van der Waals surface area contributed by atoms with Gasteiger partial charge in [-0.3, -0.25) is 0 Å². The lowest BCUT2D eigenvalue weighted by Crippen LogP contribution is -2.16. The second kappa shape index (κ2) is 7.59. The maximum Gasteiger partial charge on any atom is 0.349 e. The lowest BCUT2D eigenvalue weighted by atomic mass is 10.3. The van der Waals surface area contributed by atoms with Gasteiger partial charge in [-0.05, 0) is 4.99 Å². The first-order chi connectivity index (χ1) is 8.61. The highest BCUT2D eigenvalue weighted by molar-refractivity contribution is 14.1. The van der Waals surface area contributed by atoms with Crippen LogP contribution >= 0.6 is 45.5 Å². The summed E-state index contributed by atoms with van der Waals surface area (Å²) in [5.41, 5.74) is 0.903.